The minimum atomic E-state index is -0.856. The first-order chi connectivity index (χ1) is 14.9. The van der Waals surface area contributed by atoms with Gasteiger partial charge in [0.1, 0.15) is 5.69 Å². The quantitative estimate of drug-likeness (QED) is 0.346. The van der Waals surface area contributed by atoms with Gasteiger partial charge in [-0.05, 0) is 44.5 Å². The fourth-order valence-electron chi connectivity index (χ4n) is 3.57. The van der Waals surface area contributed by atoms with Crippen LogP contribution in [0.3, 0.4) is 0 Å². The molecule has 0 saturated heterocycles. The lowest BCUT2D eigenvalue weighted by molar-refractivity contribution is -0.222. The second kappa shape index (κ2) is 8.60. The van der Waals surface area contributed by atoms with Gasteiger partial charge in [0, 0.05) is 18.5 Å². The summed E-state index contributed by atoms with van der Waals surface area (Å²) in [6, 6.07) is 20.3. The highest BCUT2D eigenvalue weighted by molar-refractivity contribution is 5.95. The Morgan fingerprint density at radius 1 is 0.968 bits per heavy atom. The molecule has 0 atom stereocenters. The zero-order chi connectivity index (χ0) is 21.8. The van der Waals surface area contributed by atoms with Gasteiger partial charge in [0.2, 0.25) is 0 Å². The van der Waals surface area contributed by atoms with Crippen molar-refractivity contribution in [3.05, 3.63) is 84.1 Å². The molecular weight excluding hydrogens is 392 g/mol. The van der Waals surface area contributed by atoms with Gasteiger partial charge < -0.3 is 4.90 Å². The van der Waals surface area contributed by atoms with Gasteiger partial charge in [0.05, 0.1) is 10.9 Å². The zero-order valence-electron chi connectivity index (χ0n) is 17.6. The topological polar surface area (TPSA) is 68.7 Å². The van der Waals surface area contributed by atoms with E-state index < -0.39 is 11.4 Å². The van der Waals surface area contributed by atoms with Crippen LogP contribution in [-0.4, -0.2) is 34.8 Å². The van der Waals surface area contributed by atoms with Gasteiger partial charge in [-0.2, -0.15) is 0 Å². The van der Waals surface area contributed by atoms with Crippen LogP contribution in [0.25, 0.3) is 10.9 Å². The first kappa shape index (κ1) is 20.6. The van der Waals surface area contributed by atoms with Gasteiger partial charge in [0.15, 0.2) is 5.75 Å². The number of hydrogen-bond donors (Lipinski definition) is 0. The maximum atomic E-state index is 12.9. The first-order valence-electron chi connectivity index (χ1n) is 10.2. The Hall–Kier alpha value is -3.67. The molecular formula is C25H24N2O4. The molecule has 0 unspecified atom stereocenters. The number of aromatic nitrogens is 1. The summed E-state index contributed by atoms with van der Waals surface area (Å²) in [6.07, 6.45) is 2.50. The molecule has 0 bridgehead atoms. The molecule has 2 aromatic carbocycles. The van der Waals surface area contributed by atoms with Crippen LogP contribution in [0.1, 0.15) is 30.8 Å². The molecule has 1 aliphatic heterocycles. The normalized spacial score (nSPS) is 14.1. The standard InChI is InChI=1S/C25H24N2O4/c1-25(2,24(29)31-30-20-9-4-3-5-10-20)19-14-16-27(17-15-19)23(28)22-13-12-18-8-6-7-11-21(18)26-22/h3-14H,15-17H2,1-2H3. The van der Waals surface area contributed by atoms with Crippen LogP contribution in [0, 0.1) is 5.41 Å². The van der Waals surface area contributed by atoms with E-state index in [0.29, 0.717) is 31.0 Å². The second-order valence-electron chi connectivity index (χ2n) is 8.01. The lowest BCUT2D eigenvalue weighted by Crippen LogP contribution is -2.39. The summed E-state index contributed by atoms with van der Waals surface area (Å²) in [5.41, 5.74) is 1.28. The molecule has 4 rings (SSSR count). The molecule has 0 spiro atoms. The van der Waals surface area contributed by atoms with Gasteiger partial charge in [-0.25, -0.2) is 14.7 Å². The van der Waals surface area contributed by atoms with Crippen molar-refractivity contribution < 1.29 is 19.4 Å². The fraction of sp³-hybridized carbons (Fsp3) is 0.240. The summed E-state index contributed by atoms with van der Waals surface area (Å²) >= 11 is 0. The van der Waals surface area contributed by atoms with E-state index >= 15 is 0 Å². The number of fused-ring (bicyclic) bond motifs is 1. The van der Waals surface area contributed by atoms with Crippen molar-refractivity contribution in [3.63, 3.8) is 0 Å². The van der Waals surface area contributed by atoms with E-state index in [1.807, 2.05) is 42.5 Å². The van der Waals surface area contributed by atoms with Crippen molar-refractivity contribution in [1.29, 1.82) is 0 Å². The van der Waals surface area contributed by atoms with E-state index in [2.05, 4.69) is 4.98 Å². The van der Waals surface area contributed by atoms with E-state index in [4.69, 9.17) is 9.78 Å². The average molecular weight is 416 g/mol. The molecule has 1 aromatic heterocycles. The minimum Gasteiger partial charge on any atom is -0.333 e. The Balaban J connectivity index is 1.41. The number of hydrogen-bond acceptors (Lipinski definition) is 5. The number of nitrogens with zero attached hydrogens (tertiary/aromatic N) is 2. The SMILES string of the molecule is CC(C)(C(=O)OOc1ccccc1)C1=CCN(C(=O)c2ccc3ccccc3n2)CC1. The zero-order valence-corrected chi connectivity index (χ0v) is 17.6. The molecule has 31 heavy (non-hydrogen) atoms. The maximum Gasteiger partial charge on any atom is 0.364 e. The molecule has 2 heterocycles. The first-order valence-corrected chi connectivity index (χ1v) is 10.2. The Kier molecular flexibility index (Phi) is 5.71. The molecule has 0 N–H and O–H groups in total. The third-order valence-electron chi connectivity index (χ3n) is 5.58. The predicted molar refractivity (Wildman–Crippen MR) is 117 cm³/mol. The number of carbonyl (C=O) groups is 2. The number of amides is 1. The Morgan fingerprint density at radius 2 is 1.71 bits per heavy atom. The van der Waals surface area contributed by atoms with Crippen molar-refractivity contribution in [2.75, 3.05) is 13.1 Å². The van der Waals surface area contributed by atoms with Crippen molar-refractivity contribution >= 4 is 22.8 Å². The summed E-state index contributed by atoms with van der Waals surface area (Å²) < 4.78 is 0. The molecule has 0 saturated carbocycles. The third-order valence-corrected chi connectivity index (χ3v) is 5.58. The van der Waals surface area contributed by atoms with Crippen LogP contribution < -0.4 is 4.89 Å². The molecule has 6 nitrogen and oxygen atoms in total. The van der Waals surface area contributed by atoms with Crippen molar-refractivity contribution in [2.45, 2.75) is 20.3 Å². The highest BCUT2D eigenvalue weighted by Crippen LogP contribution is 2.33. The molecule has 0 fully saturated rings. The molecule has 1 amide bonds. The van der Waals surface area contributed by atoms with Crippen LogP contribution in [0.15, 0.2) is 78.4 Å². The van der Waals surface area contributed by atoms with Gasteiger partial charge in [-0.1, -0.05) is 54.1 Å². The minimum absolute atomic E-state index is 0.117. The van der Waals surface area contributed by atoms with Crippen molar-refractivity contribution in [2.24, 2.45) is 5.41 Å². The van der Waals surface area contributed by atoms with Gasteiger partial charge >= 0.3 is 5.97 Å². The van der Waals surface area contributed by atoms with Crippen LogP contribution in [0.2, 0.25) is 0 Å². The van der Waals surface area contributed by atoms with Crippen molar-refractivity contribution in [1.82, 2.24) is 9.88 Å². The van der Waals surface area contributed by atoms with E-state index in [1.54, 1.807) is 49.1 Å². The van der Waals surface area contributed by atoms with Gasteiger partial charge in [-0.15, -0.1) is 0 Å². The van der Waals surface area contributed by atoms with Crippen LogP contribution >= 0.6 is 0 Å². The molecule has 158 valence electrons. The van der Waals surface area contributed by atoms with Gasteiger partial charge in [0.25, 0.3) is 5.91 Å². The molecule has 0 aliphatic carbocycles. The number of carbonyl (C=O) groups excluding carboxylic acids is 2. The molecule has 3 aromatic rings. The summed E-state index contributed by atoms with van der Waals surface area (Å²) in [6.45, 7) is 4.53. The number of para-hydroxylation sites is 2. The largest absolute Gasteiger partial charge is 0.364 e. The summed E-state index contributed by atoms with van der Waals surface area (Å²) in [7, 11) is 0. The predicted octanol–water partition coefficient (Wildman–Crippen LogP) is 4.57. The van der Waals surface area contributed by atoms with Crippen LogP contribution in [0.4, 0.5) is 0 Å². The Bertz CT molecular complexity index is 1140. The monoisotopic (exact) mass is 416 g/mol. The van der Waals surface area contributed by atoms with E-state index in [-0.39, 0.29) is 5.91 Å². The fourth-order valence-corrected chi connectivity index (χ4v) is 3.57. The van der Waals surface area contributed by atoms with Gasteiger partial charge in [-0.3, -0.25) is 9.68 Å². The Labute approximate surface area is 181 Å². The van der Waals surface area contributed by atoms with Crippen molar-refractivity contribution in [3.8, 4) is 5.75 Å². The number of benzene rings is 2. The molecule has 0 radical (unpaired) electrons. The number of pyridine rings is 1. The summed E-state index contributed by atoms with van der Waals surface area (Å²) in [5, 5.41) is 0.998. The van der Waals surface area contributed by atoms with E-state index in [9.17, 15) is 9.59 Å². The smallest absolute Gasteiger partial charge is 0.333 e. The van der Waals surface area contributed by atoms with Crippen LogP contribution in [-0.2, 0) is 9.68 Å². The van der Waals surface area contributed by atoms with E-state index in [1.165, 1.54) is 0 Å². The highest BCUT2D eigenvalue weighted by atomic mass is 17.2. The lowest BCUT2D eigenvalue weighted by atomic mass is 9.81. The lowest BCUT2D eigenvalue weighted by Gasteiger charge is -2.32. The third kappa shape index (κ3) is 4.43. The molecule has 6 heteroatoms. The summed E-state index contributed by atoms with van der Waals surface area (Å²) in [5.74, 6) is -0.128. The van der Waals surface area contributed by atoms with E-state index in [0.717, 1.165) is 16.5 Å². The highest BCUT2D eigenvalue weighted by Gasteiger charge is 2.37. The Morgan fingerprint density at radius 3 is 2.45 bits per heavy atom. The maximum absolute atomic E-state index is 12.9. The molecule has 1 aliphatic rings. The number of rotatable bonds is 5. The summed E-state index contributed by atoms with van der Waals surface area (Å²) in [4.78, 5) is 42.0. The average Bonchev–Trinajstić information content (AvgIpc) is 2.82. The van der Waals surface area contributed by atoms with Crippen LogP contribution in [0.5, 0.6) is 5.75 Å². The second-order valence-corrected chi connectivity index (χ2v) is 8.01.